The summed E-state index contributed by atoms with van der Waals surface area (Å²) in [6, 6.07) is 3.62. The molecule has 0 radical (unpaired) electrons. The molecule has 2 aromatic rings. The smallest absolute Gasteiger partial charge is 0.185 e. The normalized spacial score (nSPS) is 13.3. The number of pyridine rings is 1. The average molecular weight is 193 g/mol. The zero-order chi connectivity index (χ0) is 9.97. The van der Waals surface area contributed by atoms with Gasteiger partial charge in [-0.15, -0.1) is 5.10 Å². The van der Waals surface area contributed by atoms with E-state index in [1.54, 1.807) is 19.3 Å². The van der Waals surface area contributed by atoms with Crippen molar-refractivity contribution in [2.45, 2.75) is 6.10 Å². The number of aliphatic hydroxyl groups excluding tert-OH is 1. The van der Waals surface area contributed by atoms with Crippen LogP contribution in [0.5, 0.6) is 0 Å². The molecule has 2 N–H and O–H groups in total. The third-order valence-corrected chi connectivity index (χ3v) is 2.01. The van der Waals surface area contributed by atoms with Gasteiger partial charge < -0.3 is 10.4 Å². The Bertz CT molecular complexity index is 426. The second-order valence-electron chi connectivity index (χ2n) is 2.98. The Hall–Kier alpha value is -1.53. The largest absolute Gasteiger partial charge is 0.387 e. The monoisotopic (exact) mass is 193 g/mol. The highest BCUT2D eigenvalue weighted by Crippen LogP contribution is 2.15. The summed E-state index contributed by atoms with van der Waals surface area (Å²) in [5.41, 5.74) is 1.32. The Morgan fingerprint density at radius 3 is 3.29 bits per heavy atom. The number of fused-ring (bicyclic) bond motifs is 1. The predicted octanol–water partition coefficient (Wildman–Crippen LogP) is -0.623. The van der Waals surface area contributed by atoms with Crippen LogP contribution < -0.4 is 5.32 Å². The molecule has 0 amide bonds. The standard InChI is InChI=1S/C8H11N5O/c1-9-5-7(14)6-3-2-4-13-8(6)10-11-12-13/h2-4,7,9,14H,5H2,1H3. The summed E-state index contributed by atoms with van der Waals surface area (Å²) in [5, 5.41) is 23.8. The Morgan fingerprint density at radius 1 is 1.64 bits per heavy atom. The molecule has 0 aliphatic rings. The van der Waals surface area contributed by atoms with Crippen LogP contribution in [0.1, 0.15) is 11.7 Å². The van der Waals surface area contributed by atoms with Crippen LogP contribution in [0.4, 0.5) is 0 Å². The number of tetrazole rings is 1. The van der Waals surface area contributed by atoms with E-state index >= 15 is 0 Å². The molecule has 6 nitrogen and oxygen atoms in total. The third-order valence-electron chi connectivity index (χ3n) is 2.01. The quantitative estimate of drug-likeness (QED) is 0.679. The van der Waals surface area contributed by atoms with Gasteiger partial charge in [-0.05, 0) is 23.5 Å². The van der Waals surface area contributed by atoms with Crippen molar-refractivity contribution < 1.29 is 5.11 Å². The molecule has 2 heterocycles. The first-order valence-corrected chi connectivity index (χ1v) is 4.32. The Kier molecular flexibility index (Phi) is 2.38. The minimum absolute atomic E-state index is 0.479. The minimum atomic E-state index is -0.588. The molecule has 6 heteroatoms. The van der Waals surface area contributed by atoms with Crippen molar-refractivity contribution >= 4 is 5.65 Å². The van der Waals surface area contributed by atoms with E-state index in [-0.39, 0.29) is 0 Å². The first-order valence-electron chi connectivity index (χ1n) is 4.32. The van der Waals surface area contributed by atoms with E-state index in [0.29, 0.717) is 12.2 Å². The summed E-state index contributed by atoms with van der Waals surface area (Å²) in [4.78, 5) is 0. The van der Waals surface area contributed by atoms with Gasteiger partial charge in [0.15, 0.2) is 5.65 Å². The molecule has 0 saturated carbocycles. The summed E-state index contributed by atoms with van der Waals surface area (Å²) in [6.07, 6.45) is 1.15. The molecule has 0 aromatic carbocycles. The fourth-order valence-corrected chi connectivity index (χ4v) is 1.35. The van der Waals surface area contributed by atoms with Crippen LogP contribution in [0, 0.1) is 0 Å². The molecule has 1 atom stereocenters. The van der Waals surface area contributed by atoms with Crippen LogP contribution in [-0.2, 0) is 0 Å². The highest BCUT2D eigenvalue weighted by atomic mass is 16.3. The van der Waals surface area contributed by atoms with Crippen molar-refractivity contribution in [2.24, 2.45) is 0 Å². The number of hydrogen-bond acceptors (Lipinski definition) is 5. The van der Waals surface area contributed by atoms with Gasteiger partial charge in [-0.1, -0.05) is 6.07 Å². The van der Waals surface area contributed by atoms with Crippen LogP contribution in [0.25, 0.3) is 5.65 Å². The second-order valence-corrected chi connectivity index (χ2v) is 2.98. The van der Waals surface area contributed by atoms with E-state index in [1.807, 2.05) is 6.07 Å². The van der Waals surface area contributed by atoms with Crippen molar-refractivity contribution in [1.82, 2.24) is 25.4 Å². The van der Waals surface area contributed by atoms with Crippen molar-refractivity contribution in [3.63, 3.8) is 0 Å². The summed E-state index contributed by atoms with van der Waals surface area (Å²) < 4.78 is 1.54. The van der Waals surface area contributed by atoms with Crippen molar-refractivity contribution in [1.29, 1.82) is 0 Å². The number of nitrogens with zero attached hydrogens (tertiary/aromatic N) is 4. The maximum Gasteiger partial charge on any atom is 0.185 e. The molecular formula is C8H11N5O. The maximum absolute atomic E-state index is 9.77. The van der Waals surface area contributed by atoms with E-state index < -0.39 is 6.10 Å². The van der Waals surface area contributed by atoms with Gasteiger partial charge >= 0.3 is 0 Å². The lowest BCUT2D eigenvalue weighted by Crippen LogP contribution is -2.17. The Balaban J connectivity index is 2.45. The zero-order valence-electron chi connectivity index (χ0n) is 7.75. The van der Waals surface area contributed by atoms with Gasteiger partial charge in [-0.25, -0.2) is 4.52 Å². The summed E-state index contributed by atoms with van der Waals surface area (Å²) in [5.74, 6) is 0. The summed E-state index contributed by atoms with van der Waals surface area (Å²) in [7, 11) is 1.78. The average Bonchev–Trinajstić information content (AvgIpc) is 2.65. The maximum atomic E-state index is 9.77. The zero-order valence-corrected chi connectivity index (χ0v) is 7.75. The van der Waals surface area contributed by atoms with Crippen molar-refractivity contribution in [3.8, 4) is 0 Å². The number of hydrogen-bond donors (Lipinski definition) is 2. The second kappa shape index (κ2) is 3.69. The molecule has 0 saturated heterocycles. The highest BCUT2D eigenvalue weighted by molar-refractivity contribution is 5.46. The molecule has 0 fully saturated rings. The van der Waals surface area contributed by atoms with Crippen molar-refractivity contribution in [2.75, 3.05) is 13.6 Å². The molecule has 0 spiro atoms. The molecule has 2 aromatic heterocycles. The number of aliphatic hydroxyl groups is 1. The first kappa shape index (κ1) is 9.04. The van der Waals surface area contributed by atoms with Crippen LogP contribution in [0.3, 0.4) is 0 Å². The minimum Gasteiger partial charge on any atom is -0.387 e. The van der Waals surface area contributed by atoms with Gasteiger partial charge in [-0.3, -0.25) is 0 Å². The fourth-order valence-electron chi connectivity index (χ4n) is 1.35. The van der Waals surface area contributed by atoms with Crippen LogP contribution in [0.15, 0.2) is 18.3 Å². The van der Waals surface area contributed by atoms with Gasteiger partial charge in [0.1, 0.15) is 0 Å². The highest BCUT2D eigenvalue weighted by Gasteiger charge is 2.12. The van der Waals surface area contributed by atoms with E-state index in [0.717, 1.165) is 5.56 Å². The lowest BCUT2D eigenvalue weighted by atomic mass is 10.1. The third kappa shape index (κ3) is 1.45. The van der Waals surface area contributed by atoms with Crippen LogP contribution in [0.2, 0.25) is 0 Å². The lowest BCUT2D eigenvalue weighted by Gasteiger charge is -2.09. The topological polar surface area (TPSA) is 75.3 Å². The lowest BCUT2D eigenvalue weighted by molar-refractivity contribution is 0.178. The van der Waals surface area contributed by atoms with E-state index in [4.69, 9.17) is 0 Å². The molecule has 2 rings (SSSR count). The molecule has 1 unspecified atom stereocenters. The van der Waals surface area contributed by atoms with Gasteiger partial charge in [-0.2, -0.15) is 0 Å². The number of nitrogens with one attached hydrogen (secondary N) is 1. The first-order chi connectivity index (χ1) is 6.83. The van der Waals surface area contributed by atoms with E-state index in [2.05, 4.69) is 20.8 Å². The van der Waals surface area contributed by atoms with Gasteiger partial charge in [0.25, 0.3) is 0 Å². The van der Waals surface area contributed by atoms with Gasteiger partial charge in [0, 0.05) is 18.3 Å². The van der Waals surface area contributed by atoms with E-state index in [1.165, 1.54) is 4.52 Å². The predicted molar refractivity (Wildman–Crippen MR) is 49.7 cm³/mol. The summed E-state index contributed by atoms with van der Waals surface area (Å²) >= 11 is 0. The van der Waals surface area contributed by atoms with Gasteiger partial charge in [0.2, 0.25) is 0 Å². The Labute approximate surface area is 80.6 Å². The molecular weight excluding hydrogens is 182 g/mol. The molecule has 74 valence electrons. The molecule has 14 heavy (non-hydrogen) atoms. The Morgan fingerprint density at radius 2 is 2.50 bits per heavy atom. The molecule has 0 aliphatic heterocycles. The number of aromatic nitrogens is 4. The van der Waals surface area contributed by atoms with Crippen LogP contribution >= 0.6 is 0 Å². The van der Waals surface area contributed by atoms with Crippen LogP contribution in [-0.4, -0.2) is 38.7 Å². The number of likely N-dealkylation sites (N-methyl/N-ethyl adjacent to an activating group) is 1. The van der Waals surface area contributed by atoms with Gasteiger partial charge in [0.05, 0.1) is 6.10 Å². The van der Waals surface area contributed by atoms with Crippen molar-refractivity contribution in [3.05, 3.63) is 23.9 Å². The molecule has 0 bridgehead atoms. The SMILES string of the molecule is CNCC(O)c1cccn2nnnc12. The molecule has 0 aliphatic carbocycles. The summed E-state index contributed by atoms with van der Waals surface area (Å²) in [6.45, 7) is 0.479. The fraction of sp³-hybridized carbons (Fsp3) is 0.375. The van der Waals surface area contributed by atoms with E-state index in [9.17, 15) is 5.11 Å². The number of rotatable bonds is 3.